The van der Waals surface area contributed by atoms with E-state index in [-0.39, 0.29) is 12.2 Å². The first kappa shape index (κ1) is 23.5. The highest BCUT2D eigenvalue weighted by Gasteiger charge is 2.33. The van der Waals surface area contributed by atoms with Crippen LogP contribution in [-0.2, 0) is 16.1 Å². The second-order valence-electron chi connectivity index (χ2n) is 7.51. The van der Waals surface area contributed by atoms with Gasteiger partial charge in [0.2, 0.25) is 0 Å². The monoisotopic (exact) mass is 482 g/mol. The summed E-state index contributed by atoms with van der Waals surface area (Å²) in [5.41, 5.74) is 1.91. The molecule has 0 saturated heterocycles. The summed E-state index contributed by atoms with van der Waals surface area (Å²) in [5, 5.41) is 4.45. The van der Waals surface area contributed by atoms with E-state index in [2.05, 4.69) is 10.1 Å². The number of thiazole rings is 1. The smallest absolute Gasteiger partial charge is 0.338 e. The molecule has 178 valence electrons. The zero-order valence-corrected chi connectivity index (χ0v) is 20.5. The number of carbonyl (C=O) groups is 1. The number of benzene rings is 1. The molecule has 1 atom stereocenters. The molecule has 0 spiro atoms. The van der Waals surface area contributed by atoms with E-state index in [0.29, 0.717) is 43.4 Å². The van der Waals surface area contributed by atoms with Crippen LogP contribution >= 0.6 is 11.3 Å². The summed E-state index contributed by atoms with van der Waals surface area (Å²) in [4.78, 5) is 31.7. The average Bonchev–Trinajstić information content (AvgIpc) is 3.41. The maximum absolute atomic E-state index is 13.6. The number of esters is 1. The minimum absolute atomic E-state index is 0.207. The van der Waals surface area contributed by atoms with Gasteiger partial charge in [-0.2, -0.15) is 5.10 Å². The Morgan fingerprint density at radius 3 is 2.59 bits per heavy atom. The maximum atomic E-state index is 13.6. The summed E-state index contributed by atoms with van der Waals surface area (Å²) in [6, 6.07) is 6.44. The molecule has 10 heteroatoms. The van der Waals surface area contributed by atoms with Crippen molar-refractivity contribution in [2.75, 3.05) is 20.8 Å². The van der Waals surface area contributed by atoms with Gasteiger partial charge < -0.3 is 14.2 Å². The van der Waals surface area contributed by atoms with Crippen molar-refractivity contribution in [2.45, 2.75) is 33.4 Å². The van der Waals surface area contributed by atoms with Gasteiger partial charge in [-0.15, -0.1) is 0 Å². The maximum Gasteiger partial charge on any atom is 0.338 e. The molecule has 1 aliphatic heterocycles. The second kappa shape index (κ2) is 9.68. The molecule has 9 nitrogen and oxygen atoms in total. The van der Waals surface area contributed by atoms with Gasteiger partial charge >= 0.3 is 5.97 Å². The highest BCUT2D eigenvalue weighted by Crippen LogP contribution is 2.36. The third kappa shape index (κ3) is 4.16. The van der Waals surface area contributed by atoms with Crippen molar-refractivity contribution in [3.8, 4) is 11.5 Å². The topological polar surface area (TPSA) is 96.9 Å². The van der Waals surface area contributed by atoms with Crippen molar-refractivity contribution < 1.29 is 19.0 Å². The number of ether oxygens (including phenoxy) is 3. The number of methoxy groups -OCH3 is 2. The summed E-state index contributed by atoms with van der Waals surface area (Å²) in [6.45, 7) is 6.42. The Morgan fingerprint density at radius 2 is 1.94 bits per heavy atom. The molecule has 3 heterocycles. The minimum Gasteiger partial charge on any atom is -0.493 e. The Balaban J connectivity index is 1.95. The number of hydrogen-bond acceptors (Lipinski definition) is 8. The van der Waals surface area contributed by atoms with Crippen LogP contribution in [0.4, 0.5) is 0 Å². The molecule has 2 aromatic heterocycles. The lowest BCUT2D eigenvalue weighted by molar-refractivity contribution is -0.139. The van der Waals surface area contributed by atoms with Gasteiger partial charge in [0, 0.05) is 12.7 Å². The van der Waals surface area contributed by atoms with Gasteiger partial charge in [0.15, 0.2) is 16.3 Å². The first-order valence-corrected chi connectivity index (χ1v) is 11.7. The Hall–Kier alpha value is -3.66. The van der Waals surface area contributed by atoms with Crippen molar-refractivity contribution >= 4 is 23.4 Å². The molecular weight excluding hydrogens is 456 g/mol. The fourth-order valence-corrected chi connectivity index (χ4v) is 4.93. The van der Waals surface area contributed by atoms with E-state index < -0.39 is 12.0 Å². The van der Waals surface area contributed by atoms with Gasteiger partial charge in [0.05, 0.1) is 48.4 Å². The van der Waals surface area contributed by atoms with Crippen LogP contribution in [0.2, 0.25) is 0 Å². The van der Waals surface area contributed by atoms with E-state index in [1.807, 2.05) is 25.3 Å². The molecule has 4 rings (SSSR count). The van der Waals surface area contributed by atoms with E-state index in [0.717, 1.165) is 6.54 Å². The summed E-state index contributed by atoms with van der Waals surface area (Å²) in [7, 11) is 3.09. The highest BCUT2D eigenvalue weighted by atomic mass is 32.1. The number of rotatable bonds is 7. The zero-order chi connectivity index (χ0) is 24.4. The number of carbonyl (C=O) groups excluding carboxylic acids is 1. The standard InChI is InChI=1S/C24H26N4O5S/c1-6-27-11-10-16(26-27)13-19-22(29)28-21(15-8-9-17(31-4)18(12-15)32-5)20(23(30)33-7-2)14(3)25-24(28)34-19/h8-13,21H,6-7H2,1-5H3/b19-13+/t21-/m0/s1. The number of aromatic nitrogens is 3. The van der Waals surface area contributed by atoms with E-state index in [9.17, 15) is 9.59 Å². The van der Waals surface area contributed by atoms with Crippen molar-refractivity contribution in [2.24, 2.45) is 4.99 Å². The molecule has 0 bridgehead atoms. The normalized spacial score (nSPS) is 15.7. The lowest BCUT2D eigenvalue weighted by atomic mass is 9.95. The van der Waals surface area contributed by atoms with Crippen LogP contribution in [-0.4, -0.2) is 41.1 Å². The van der Waals surface area contributed by atoms with E-state index in [1.54, 1.807) is 43.8 Å². The number of nitrogens with zero attached hydrogens (tertiary/aromatic N) is 4. The van der Waals surface area contributed by atoms with E-state index >= 15 is 0 Å². The lowest BCUT2D eigenvalue weighted by Gasteiger charge is -2.25. The first-order valence-electron chi connectivity index (χ1n) is 10.9. The van der Waals surface area contributed by atoms with Crippen LogP contribution < -0.4 is 24.4 Å². The fraction of sp³-hybridized carbons (Fsp3) is 0.333. The Morgan fingerprint density at radius 1 is 1.18 bits per heavy atom. The zero-order valence-electron chi connectivity index (χ0n) is 19.7. The number of aryl methyl sites for hydroxylation is 1. The SMILES string of the molecule is CCOC(=O)C1=C(C)N=c2s/c(=C/c3ccn(CC)n3)c(=O)n2[C@H]1c1ccc(OC)c(OC)c1. The average molecular weight is 483 g/mol. The molecule has 0 N–H and O–H groups in total. The van der Waals surface area contributed by atoms with Gasteiger partial charge in [-0.1, -0.05) is 17.4 Å². The van der Waals surface area contributed by atoms with Crippen molar-refractivity contribution in [3.63, 3.8) is 0 Å². The molecule has 0 aliphatic carbocycles. The van der Waals surface area contributed by atoms with Crippen LogP contribution in [0.3, 0.4) is 0 Å². The van der Waals surface area contributed by atoms with Crippen LogP contribution in [0.5, 0.6) is 11.5 Å². The van der Waals surface area contributed by atoms with Crippen LogP contribution in [0.25, 0.3) is 6.08 Å². The largest absolute Gasteiger partial charge is 0.493 e. The molecule has 1 aliphatic rings. The number of hydrogen-bond donors (Lipinski definition) is 0. The number of allylic oxidation sites excluding steroid dienone is 1. The van der Waals surface area contributed by atoms with Gasteiger partial charge in [-0.3, -0.25) is 14.0 Å². The van der Waals surface area contributed by atoms with Gasteiger partial charge in [0.25, 0.3) is 5.56 Å². The van der Waals surface area contributed by atoms with Gasteiger partial charge in [-0.25, -0.2) is 9.79 Å². The Kier molecular flexibility index (Phi) is 6.69. The van der Waals surface area contributed by atoms with Crippen molar-refractivity contribution in [3.05, 3.63) is 72.7 Å². The molecule has 3 aromatic rings. The molecule has 0 amide bonds. The molecule has 34 heavy (non-hydrogen) atoms. The summed E-state index contributed by atoms with van der Waals surface area (Å²) in [6.07, 6.45) is 3.60. The minimum atomic E-state index is -0.731. The van der Waals surface area contributed by atoms with Crippen LogP contribution in [0.1, 0.15) is 38.1 Å². The first-order chi connectivity index (χ1) is 16.4. The van der Waals surface area contributed by atoms with E-state index in [1.165, 1.54) is 23.0 Å². The van der Waals surface area contributed by atoms with E-state index in [4.69, 9.17) is 14.2 Å². The molecular formula is C24H26N4O5S. The molecule has 0 saturated carbocycles. The predicted molar refractivity (Wildman–Crippen MR) is 128 cm³/mol. The Labute approximate surface area is 200 Å². The number of fused-ring (bicyclic) bond motifs is 1. The quantitative estimate of drug-likeness (QED) is 0.478. The third-order valence-corrected chi connectivity index (χ3v) is 6.49. The van der Waals surface area contributed by atoms with Gasteiger partial charge in [0.1, 0.15) is 0 Å². The molecule has 0 unspecified atom stereocenters. The van der Waals surface area contributed by atoms with Crippen molar-refractivity contribution in [1.82, 2.24) is 14.3 Å². The third-order valence-electron chi connectivity index (χ3n) is 5.50. The van der Waals surface area contributed by atoms with Gasteiger partial charge in [-0.05, 0) is 50.6 Å². The van der Waals surface area contributed by atoms with Crippen molar-refractivity contribution in [1.29, 1.82) is 0 Å². The molecule has 0 fully saturated rings. The van der Waals surface area contributed by atoms with Crippen LogP contribution in [0.15, 0.2) is 51.5 Å². The molecule has 0 radical (unpaired) electrons. The summed E-state index contributed by atoms with van der Waals surface area (Å²) >= 11 is 1.26. The molecule has 1 aromatic carbocycles. The summed E-state index contributed by atoms with van der Waals surface area (Å²) in [5.74, 6) is 0.521. The predicted octanol–water partition coefficient (Wildman–Crippen LogP) is 2.03. The summed E-state index contributed by atoms with van der Waals surface area (Å²) < 4.78 is 20.0. The second-order valence-corrected chi connectivity index (χ2v) is 8.52. The highest BCUT2D eigenvalue weighted by molar-refractivity contribution is 7.07. The lowest BCUT2D eigenvalue weighted by Crippen LogP contribution is -2.40. The fourth-order valence-electron chi connectivity index (χ4n) is 3.89. The van der Waals surface area contributed by atoms with Crippen LogP contribution in [0, 0.1) is 0 Å². The Bertz CT molecular complexity index is 1450.